The molecule has 0 radical (unpaired) electrons. The lowest BCUT2D eigenvalue weighted by atomic mass is 9.87. The molecule has 112 valence electrons. The predicted octanol–water partition coefficient (Wildman–Crippen LogP) is 0.957. The molecule has 1 atom stereocenters. The summed E-state index contributed by atoms with van der Waals surface area (Å²) in [6.07, 6.45) is 3.31. The number of amides is 2. The number of nitrogens with one attached hydrogen (secondary N) is 2. The lowest BCUT2D eigenvalue weighted by molar-refractivity contribution is -0.125. The highest BCUT2D eigenvalue weighted by atomic mass is 35.5. The summed E-state index contributed by atoms with van der Waals surface area (Å²) in [6.45, 7) is 6.29. The Balaban J connectivity index is 0.00000324. The maximum Gasteiger partial charge on any atom is 0.237 e. The van der Waals surface area contributed by atoms with Crippen LogP contribution in [0.4, 0.5) is 0 Å². The van der Waals surface area contributed by atoms with E-state index >= 15 is 0 Å². The quantitative estimate of drug-likeness (QED) is 0.637. The molecule has 1 aliphatic carbocycles. The van der Waals surface area contributed by atoms with E-state index in [0.717, 1.165) is 12.8 Å². The minimum atomic E-state index is -0.516. The van der Waals surface area contributed by atoms with Crippen molar-refractivity contribution in [2.45, 2.75) is 58.5 Å². The van der Waals surface area contributed by atoms with Crippen LogP contribution in [-0.2, 0) is 9.59 Å². The molecule has 1 rings (SSSR count). The minimum Gasteiger partial charge on any atom is -0.355 e. The van der Waals surface area contributed by atoms with Crippen LogP contribution in [-0.4, -0.2) is 30.4 Å². The Kier molecular flexibility index (Phi) is 7.37. The zero-order chi connectivity index (χ0) is 13.8. The monoisotopic (exact) mass is 291 g/mol. The number of hydrogen-bond donors (Lipinski definition) is 3. The molecule has 0 aromatic carbocycles. The Morgan fingerprint density at radius 1 is 1.32 bits per heavy atom. The lowest BCUT2D eigenvalue weighted by Gasteiger charge is -2.25. The molecular formula is C13H26ClN3O2. The average Bonchev–Trinajstić information content (AvgIpc) is 3.05. The van der Waals surface area contributed by atoms with Gasteiger partial charge >= 0.3 is 0 Å². The molecule has 0 unspecified atom stereocenters. The number of carbonyl (C=O) groups is 2. The van der Waals surface area contributed by atoms with Crippen LogP contribution in [0, 0.1) is 5.41 Å². The van der Waals surface area contributed by atoms with Crippen molar-refractivity contribution in [2.24, 2.45) is 11.1 Å². The summed E-state index contributed by atoms with van der Waals surface area (Å²) < 4.78 is 0. The summed E-state index contributed by atoms with van der Waals surface area (Å²) in [6, 6.07) is -0.112. The SMILES string of the molecule is CC(C)(C)[C@H](N)C(=O)NCCCC(=O)NC1CC1.Cl. The fraction of sp³-hybridized carbons (Fsp3) is 0.846. The number of halogens is 1. The van der Waals surface area contributed by atoms with Crippen molar-refractivity contribution in [2.75, 3.05) is 6.54 Å². The topological polar surface area (TPSA) is 84.2 Å². The van der Waals surface area contributed by atoms with Gasteiger partial charge in [-0.2, -0.15) is 0 Å². The lowest BCUT2D eigenvalue weighted by Crippen LogP contribution is -2.48. The first-order chi connectivity index (χ1) is 8.30. The van der Waals surface area contributed by atoms with Gasteiger partial charge in [0.1, 0.15) is 0 Å². The highest BCUT2D eigenvalue weighted by molar-refractivity contribution is 5.85. The standard InChI is InChI=1S/C13H25N3O2.ClH/c1-13(2,3)11(14)12(18)15-8-4-5-10(17)16-9-6-7-9;/h9,11H,4-8,14H2,1-3H3,(H,15,18)(H,16,17);1H/t11-;/m1./s1. The normalized spacial score (nSPS) is 16.2. The molecule has 0 aliphatic heterocycles. The smallest absolute Gasteiger partial charge is 0.237 e. The molecule has 19 heavy (non-hydrogen) atoms. The minimum absolute atomic E-state index is 0. The number of rotatable bonds is 6. The van der Waals surface area contributed by atoms with Crippen molar-refractivity contribution in [3.8, 4) is 0 Å². The fourth-order valence-electron chi connectivity index (χ4n) is 1.49. The molecule has 0 spiro atoms. The molecule has 2 amide bonds. The molecule has 1 fully saturated rings. The summed E-state index contributed by atoms with van der Waals surface area (Å²) in [5.41, 5.74) is 5.58. The van der Waals surface area contributed by atoms with Crippen LogP contribution in [0.25, 0.3) is 0 Å². The Hall–Kier alpha value is -0.810. The second-order valence-corrected chi connectivity index (χ2v) is 6.08. The van der Waals surface area contributed by atoms with Gasteiger partial charge < -0.3 is 16.4 Å². The summed E-state index contributed by atoms with van der Waals surface area (Å²) in [4.78, 5) is 23.1. The Labute approximate surface area is 121 Å². The van der Waals surface area contributed by atoms with Gasteiger partial charge in [0.25, 0.3) is 0 Å². The van der Waals surface area contributed by atoms with E-state index in [2.05, 4.69) is 10.6 Å². The van der Waals surface area contributed by atoms with E-state index in [1.54, 1.807) is 0 Å². The third kappa shape index (κ3) is 7.38. The van der Waals surface area contributed by atoms with E-state index in [9.17, 15) is 9.59 Å². The molecule has 4 N–H and O–H groups in total. The van der Waals surface area contributed by atoms with Crippen LogP contribution in [0.3, 0.4) is 0 Å². The first kappa shape index (κ1) is 18.2. The van der Waals surface area contributed by atoms with Gasteiger partial charge in [0.05, 0.1) is 6.04 Å². The van der Waals surface area contributed by atoms with Crippen molar-refractivity contribution in [1.29, 1.82) is 0 Å². The molecule has 6 heteroatoms. The molecule has 1 aliphatic rings. The van der Waals surface area contributed by atoms with Crippen molar-refractivity contribution in [1.82, 2.24) is 10.6 Å². The summed E-state index contributed by atoms with van der Waals surface area (Å²) in [5, 5.41) is 5.68. The molecule has 0 heterocycles. The van der Waals surface area contributed by atoms with Gasteiger partial charge in [-0.05, 0) is 24.7 Å². The molecule has 0 aromatic rings. The van der Waals surface area contributed by atoms with Gasteiger partial charge in [0.2, 0.25) is 11.8 Å². The van der Waals surface area contributed by atoms with E-state index in [-0.39, 0.29) is 29.6 Å². The van der Waals surface area contributed by atoms with Crippen LogP contribution in [0.5, 0.6) is 0 Å². The molecule has 0 bridgehead atoms. The summed E-state index contributed by atoms with van der Waals surface area (Å²) in [7, 11) is 0. The Morgan fingerprint density at radius 2 is 1.89 bits per heavy atom. The van der Waals surface area contributed by atoms with Crippen LogP contribution in [0.2, 0.25) is 0 Å². The molecular weight excluding hydrogens is 266 g/mol. The number of carbonyl (C=O) groups excluding carboxylic acids is 2. The Bertz CT molecular complexity index is 312. The van der Waals surface area contributed by atoms with Crippen LogP contribution < -0.4 is 16.4 Å². The van der Waals surface area contributed by atoms with Gasteiger partial charge in [-0.25, -0.2) is 0 Å². The van der Waals surface area contributed by atoms with Gasteiger partial charge in [-0.1, -0.05) is 20.8 Å². The van der Waals surface area contributed by atoms with Crippen molar-refractivity contribution in [3.05, 3.63) is 0 Å². The van der Waals surface area contributed by atoms with Gasteiger partial charge in [-0.15, -0.1) is 12.4 Å². The zero-order valence-electron chi connectivity index (χ0n) is 12.0. The van der Waals surface area contributed by atoms with Crippen molar-refractivity contribution in [3.63, 3.8) is 0 Å². The molecule has 5 nitrogen and oxygen atoms in total. The zero-order valence-corrected chi connectivity index (χ0v) is 12.8. The molecule has 1 saturated carbocycles. The third-order valence-corrected chi connectivity index (χ3v) is 3.04. The highest BCUT2D eigenvalue weighted by Crippen LogP contribution is 2.18. The first-order valence-corrected chi connectivity index (χ1v) is 6.63. The largest absolute Gasteiger partial charge is 0.355 e. The second kappa shape index (κ2) is 7.70. The molecule has 0 saturated heterocycles. The first-order valence-electron chi connectivity index (χ1n) is 6.63. The van der Waals surface area contributed by atoms with Crippen LogP contribution in [0.15, 0.2) is 0 Å². The van der Waals surface area contributed by atoms with Gasteiger partial charge in [-0.3, -0.25) is 9.59 Å². The maximum atomic E-state index is 11.7. The summed E-state index contributed by atoms with van der Waals surface area (Å²) in [5.74, 6) is -0.0723. The van der Waals surface area contributed by atoms with E-state index in [1.807, 2.05) is 20.8 Å². The second-order valence-electron chi connectivity index (χ2n) is 6.08. The van der Waals surface area contributed by atoms with Gasteiger partial charge in [0, 0.05) is 19.0 Å². The Morgan fingerprint density at radius 3 is 2.37 bits per heavy atom. The van der Waals surface area contributed by atoms with Crippen LogP contribution in [0.1, 0.15) is 46.5 Å². The predicted molar refractivity (Wildman–Crippen MR) is 78.1 cm³/mol. The third-order valence-electron chi connectivity index (χ3n) is 3.04. The molecule has 0 aromatic heterocycles. The van der Waals surface area contributed by atoms with Gasteiger partial charge in [0.15, 0.2) is 0 Å². The van der Waals surface area contributed by atoms with E-state index in [4.69, 9.17) is 5.73 Å². The number of hydrogen-bond acceptors (Lipinski definition) is 3. The fourth-order valence-corrected chi connectivity index (χ4v) is 1.49. The van der Waals surface area contributed by atoms with Crippen molar-refractivity contribution < 1.29 is 9.59 Å². The highest BCUT2D eigenvalue weighted by Gasteiger charge is 2.27. The average molecular weight is 292 g/mol. The maximum absolute atomic E-state index is 11.7. The van der Waals surface area contributed by atoms with E-state index in [1.165, 1.54) is 0 Å². The van der Waals surface area contributed by atoms with E-state index in [0.29, 0.717) is 25.4 Å². The van der Waals surface area contributed by atoms with Crippen molar-refractivity contribution >= 4 is 24.2 Å². The number of nitrogens with two attached hydrogens (primary N) is 1. The van der Waals surface area contributed by atoms with Crippen LogP contribution >= 0.6 is 12.4 Å². The summed E-state index contributed by atoms with van der Waals surface area (Å²) >= 11 is 0. The van der Waals surface area contributed by atoms with E-state index < -0.39 is 6.04 Å².